The Bertz CT molecular complexity index is 2380. The lowest BCUT2D eigenvalue weighted by molar-refractivity contribution is -0.133. The van der Waals surface area contributed by atoms with E-state index in [0.29, 0.717) is 119 Å². The molecule has 6 rings (SSSR count). The van der Waals surface area contributed by atoms with E-state index in [1.54, 1.807) is 76.8 Å². The molecule has 4 fully saturated rings. The van der Waals surface area contributed by atoms with Crippen LogP contribution in [0.5, 0.6) is 23.0 Å². The molecule has 0 aromatic heterocycles. The van der Waals surface area contributed by atoms with E-state index in [-0.39, 0.29) is 66.1 Å². The van der Waals surface area contributed by atoms with E-state index in [9.17, 15) is 24.0 Å². The van der Waals surface area contributed by atoms with Gasteiger partial charge in [0, 0.05) is 114 Å². The van der Waals surface area contributed by atoms with Crippen LogP contribution < -0.4 is 24.3 Å². The monoisotopic (exact) mass is 1180 g/mol. The number of carbonyl (C=O) groups excluding carboxylic acids is 5. The molecule has 5 amide bonds. The molecule has 2 aliphatic heterocycles. The highest BCUT2D eigenvalue weighted by atomic mass is 16.6. The smallest absolute Gasteiger partial charge is 0.410 e. The number of piperidine rings is 2. The van der Waals surface area contributed by atoms with Gasteiger partial charge in [-0.25, -0.2) is 9.59 Å². The van der Waals surface area contributed by atoms with Crippen LogP contribution in [0.25, 0.3) is 0 Å². The molecule has 474 valence electrons. The van der Waals surface area contributed by atoms with E-state index in [0.717, 1.165) is 51.5 Å². The van der Waals surface area contributed by atoms with Gasteiger partial charge in [-0.05, 0) is 176 Å². The highest BCUT2D eigenvalue weighted by molar-refractivity contribution is 5.96. The zero-order valence-corrected chi connectivity index (χ0v) is 53.6. The maximum absolute atomic E-state index is 14.1. The van der Waals surface area contributed by atoms with E-state index in [1.165, 1.54) is 12.8 Å². The largest absolute Gasteiger partial charge is 0.493 e. The second kappa shape index (κ2) is 33.4. The van der Waals surface area contributed by atoms with Crippen LogP contribution >= 0.6 is 0 Å². The minimum atomic E-state index is -0.666. The first-order valence-corrected chi connectivity index (χ1v) is 30.7. The van der Waals surface area contributed by atoms with Crippen LogP contribution in [-0.4, -0.2) is 209 Å². The molecule has 20 nitrogen and oxygen atoms in total. The average molecular weight is 1180 g/mol. The van der Waals surface area contributed by atoms with Crippen molar-refractivity contribution in [3.05, 3.63) is 47.5 Å². The molecule has 2 aromatic rings. The van der Waals surface area contributed by atoms with Crippen LogP contribution in [0.2, 0.25) is 0 Å². The van der Waals surface area contributed by atoms with E-state index in [1.807, 2.05) is 88.8 Å². The molecule has 0 unspecified atom stereocenters. The molecule has 20 heteroatoms. The maximum Gasteiger partial charge on any atom is 0.410 e. The third-order valence-electron chi connectivity index (χ3n) is 15.3. The number of amides is 5. The minimum Gasteiger partial charge on any atom is -0.493 e. The van der Waals surface area contributed by atoms with Crippen molar-refractivity contribution in [3.63, 3.8) is 0 Å². The fourth-order valence-electron chi connectivity index (χ4n) is 11.0. The molecule has 4 atom stereocenters. The number of nitrogens with one attached hydrogen (secondary N) is 1. The molecule has 0 spiro atoms. The molecule has 1 N–H and O–H groups in total. The van der Waals surface area contributed by atoms with Gasteiger partial charge in [0.2, 0.25) is 5.91 Å². The van der Waals surface area contributed by atoms with E-state index >= 15 is 0 Å². The second-order valence-corrected chi connectivity index (χ2v) is 25.1. The van der Waals surface area contributed by atoms with Crippen molar-refractivity contribution in [1.82, 2.24) is 29.8 Å². The van der Waals surface area contributed by atoms with Crippen molar-refractivity contribution in [2.75, 3.05) is 94.8 Å². The van der Waals surface area contributed by atoms with Crippen molar-refractivity contribution >= 4 is 29.9 Å². The number of hydrogen-bond acceptors (Lipinski definition) is 15. The number of likely N-dealkylation sites (tertiary alicyclic amines) is 2. The van der Waals surface area contributed by atoms with Crippen LogP contribution in [0.1, 0.15) is 173 Å². The molecule has 84 heavy (non-hydrogen) atoms. The predicted octanol–water partition coefficient (Wildman–Crippen LogP) is 10.0. The van der Waals surface area contributed by atoms with Crippen LogP contribution in [0.4, 0.5) is 9.59 Å². The van der Waals surface area contributed by atoms with E-state index in [2.05, 4.69) is 5.32 Å². The van der Waals surface area contributed by atoms with Crippen LogP contribution in [-0.2, 0) is 28.5 Å². The SMILES string of the molecule is COCCCOc1cc(C(=O)N(C(C)C)[C@@H]2CC[C@H](CCN(C(=O)CCOC)C3CC3)N(C(=O)OC(C)(C)C)C2)ccc1OC.COCCCOc1cc(C(=O)N(C(C)C)[C@@H]2CC[C@H](CCNC3CC3)N(C(=O)OC(C)(C)C)C2)ccc1OC. The third kappa shape index (κ3) is 21.7. The molecule has 2 aliphatic carbocycles. The number of carbonyl (C=O) groups is 5. The van der Waals surface area contributed by atoms with Crippen molar-refractivity contribution in [1.29, 1.82) is 0 Å². The molecule has 2 saturated heterocycles. The summed E-state index contributed by atoms with van der Waals surface area (Å²) in [4.78, 5) is 77.2. The third-order valence-corrected chi connectivity index (χ3v) is 15.3. The maximum atomic E-state index is 14.1. The Morgan fingerprint density at radius 2 is 0.976 bits per heavy atom. The summed E-state index contributed by atoms with van der Waals surface area (Å²) in [6.45, 7) is 24.0. The zero-order chi connectivity index (χ0) is 61.7. The summed E-state index contributed by atoms with van der Waals surface area (Å²) >= 11 is 0. The zero-order valence-electron chi connectivity index (χ0n) is 53.6. The molecular formula is C64H104N6O14. The molecule has 4 aliphatic rings. The Hall–Kier alpha value is -5.57. The number of hydrogen-bond donors (Lipinski definition) is 1. The number of benzene rings is 2. The van der Waals surface area contributed by atoms with Gasteiger partial charge in [-0.3, -0.25) is 14.4 Å². The highest BCUT2D eigenvalue weighted by Crippen LogP contribution is 2.35. The first-order chi connectivity index (χ1) is 39.9. The van der Waals surface area contributed by atoms with Gasteiger partial charge in [0.05, 0.1) is 52.5 Å². The Morgan fingerprint density at radius 1 is 0.548 bits per heavy atom. The lowest BCUT2D eigenvalue weighted by Crippen LogP contribution is -2.58. The van der Waals surface area contributed by atoms with Crippen LogP contribution in [0, 0.1) is 0 Å². The van der Waals surface area contributed by atoms with E-state index in [4.69, 9.17) is 42.6 Å². The summed E-state index contributed by atoms with van der Waals surface area (Å²) in [7, 11) is 8.06. The summed E-state index contributed by atoms with van der Waals surface area (Å²) < 4.78 is 49.8. The van der Waals surface area contributed by atoms with Gasteiger partial charge in [0.25, 0.3) is 11.8 Å². The number of nitrogens with zero attached hydrogens (tertiary/aromatic N) is 5. The first kappa shape index (κ1) is 69.2. The number of methoxy groups -OCH3 is 5. The highest BCUT2D eigenvalue weighted by Gasteiger charge is 2.42. The van der Waals surface area contributed by atoms with E-state index < -0.39 is 17.3 Å². The molecule has 0 radical (unpaired) electrons. The van der Waals surface area contributed by atoms with Gasteiger partial charge < -0.3 is 72.4 Å². The van der Waals surface area contributed by atoms with Gasteiger partial charge in [0.1, 0.15) is 11.2 Å². The summed E-state index contributed by atoms with van der Waals surface area (Å²) in [5.41, 5.74) is -0.226. The molecule has 0 bridgehead atoms. The molecule has 2 saturated carbocycles. The fraction of sp³-hybridized carbons (Fsp3) is 0.734. The Morgan fingerprint density at radius 3 is 1.36 bits per heavy atom. The summed E-state index contributed by atoms with van der Waals surface area (Å²) in [5.74, 6) is 2.04. The topological polar surface area (TPSA) is 197 Å². The molecular weight excluding hydrogens is 1080 g/mol. The van der Waals surface area contributed by atoms with Crippen molar-refractivity contribution in [2.45, 2.75) is 212 Å². The van der Waals surface area contributed by atoms with Gasteiger partial charge in [-0.2, -0.15) is 0 Å². The van der Waals surface area contributed by atoms with Crippen molar-refractivity contribution in [3.8, 4) is 23.0 Å². The van der Waals surface area contributed by atoms with Gasteiger partial charge in [-0.1, -0.05) is 0 Å². The summed E-state index contributed by atoms with van der Waals surface area (Å²) in [5, 5.41) is 3.57. The van der Waals surface area contributed by atoms with Crippen LogP contribution in [0.3, 0.4) is 0 Å². The summed E-state index contributed by atoms with van der Waals surface area (Å²) in [6, 6.07) is 10.9. The van der Waals surface area contributed by atoms with Crippen molar-refractivity contribution in [2.24, 2.45) is 0 Å². The lowest BCUT2D eigenvalue weighted by Gasteiger charge is -2.45. The normalized spacial score (nSPS) is 19.0. The second-order valence-electron chi connectivity index (χ2n) is 25.1. The number of rotatable bonds is 29. The van der Waals surface area contributed by atoms with Crippen LogP contribution in [0.15, 0.2) is 36.4 Å². The lowest BCUT2D eigenvalue weighted by atomic mass is 9.93. The predicted molar refractivity (Wildman–Crippen MR) is 324 cm³/mol. The molecule has 2 heterocycles. The first-order valence-electron chi connectivity index (χ1n) is 30.7. The Labute approximate surface area is 502 Å². The fourth-order valence-corrected chi connectivity index (χ4v) is 11.0. The van der Waals surface area contributed by atoms with Crippen molar-refractivity contribution < 1.29 is 66.6 Å². The quantitative estimate of drug-likeness (QED) is 0.0755. The molecule has 2 aromatic carbocycles. The Kier molecular flexibility index (Phi) is 27.5. The Balaban J connectivity index is 0.000000310. The van der Waals surface area contributed by atoms with Gasteiger partial charge >= 0.3 is 12.2 Å². The standard InChI is InChI=1S/C34H55N3O8.C30H49N3O6/c1-24(2)37(32(39)25-10-15-29(43-8)30(22-25)44-20-9-19-41-6)28-14-13-27(36(23-28)33(40)45-34(3,4)5)16-18-35(26-11-12-26)31(38)17-21-42-7;1-21(2)33(28(34)22-9-14-26(37-7)27(19-22)38-18-8-17-36-6)25-13-12-24(15-16-31-23-10-11-23)32(20-25)29(35)39-30(3,4)5/h10,15,22,24,26-28H,9,11-14,16-21,23H2,1-8H3;9,14,19,21,23-25,31H,8,10-13,15-18,20H2,1-7H3/t27-,28-;24-,25-/m11/s1. The minimum absolute atomic E-state index is 0.0516. The average Bonchev–Trinajstić information content (AvgIpc) is 4.07. The van der Waals surface area contributed by atoms with Gasteiger partial charge in [0.15, 0.2) is 23.0 Å². The van der Waals surface area contributed by atoms with Gasteiger partial charge in [-0.15, -0.1) is 0 Å². The summed E-state index contributed by atoms with van der Waals surface area (Å²) in [6.07, 6.45) is 10.2. The number of ether oxygens (including phenoxy) is 9.